The molecule has 0 radical (unpaired) electrons. The number of nitrogens with zero attached hydrogens (tertiary/aromatic N) is 2. The summed E-state index contributed by atoms with van der Waals surface area (Å²) in [4.78, 5) is 4.44. The highest BCUT2D eigenvalue weighted by Gasteiger charge is 2.07. The van der Waals surface area contributed by atoms with Gasteiger partial charge < -0.3 is 9.88 Å². The van der Waals surface area contributed by atoms with E-state index in [1.54, 1.807) is 0 Å². The largest absolute Gasteiger partial charge is 0.335 e. The van der Waals surface area contributed by atoms with Crippen molar-refractivity contribution >= 4 is 0 Å². The molecule has 1 unspecified atom stereocenters. The molecule has 0 fully saturated rings. The average molecular weight is 257 g/mol. The Morgan fingerprint density at radius 3 is 2.89 bits per heavy atom. The first-order valence-corrected chi connectivity index (χ1v) is 7.06. The second-order valence-electron chi connectivity index (χ2n) is 4.83. The fraction of sp³-hybridized carbons (Fsp3) is 0.438. The van der Waals surface area contributed by atoms with E-state index in [0.29, 0.717) is 6.04 Å². The van der Waals surface area contributed by atoms with Crippen LogP contribution in [0.15, 0.2) is 36.7 Å². The van der Waals surface area contributed by atoms with Gasteiger partial charge in [-0.3, -0.25) is 0 Å². The summed E-state index contributed by atoms with van der Waals surface area (Å²) in [6.45, 7) is 8.46. The number of rotatable bonds is 6. The van der Waals surface area contributed by atoms with Gasteiger partial charge in [-0.05, 0) is 31.5 Å². The van der Waals surface area contributed by atoms with Gasteiger partial charge in [-0.25, -0.2) is 4.98 Å². The summed E-state index contributed by atoms with van der Waals surface area (Å²) in [5, 5.41) is 3.45. The van der Waals surface area contributed by atoms with Crippen LogP contribution in [0.25, 0.3) is 0 Å². The Labute approximate surface area is 115 Å². The first kappa shape index (κ1) is 13.8. The van der Waals surface area contributed by atoms with Crippen LogP contribution in [0.1, 0.15) is 43.8 Å². The molecule has 2 rings (SSSR count). The van der Waals surface area contributed by atoms with Gasteiger partial charge in [0.15, 0.2) is 0 Å². The van der Waals surface area contributed by atoms with Crippen LogP contribution in [0.2, 0.25) is 0 Å². The van der Waals surface area contributed by atoms with Gasteiger partial charge in [0.25, 0.3) is 0 Å². The maximum Gasteiger partial charge on any atom is 0.113 e. The van der Waals surface area contributed by atoms with Crippen LogP contribution in [0.5, 0.6) is 0 Å². The Morgan fingerprint density at radius 2 is 2.16 bits per heavy atom. The van der Waals surface area contributed by atoms with Crippen molar-refractivity contribution in [3.05, 3.63) is 53.6 Å². The minimum absolute atomic E-state index is 0.399. The number of aromatic nitrogens is 2. The molecule has 1 heterocycles. The van der Waals surface area contributed by atoms with Crippen molar-refractivity contribution in [1.82, 2.24) is 14.9 Å². The van der Waals surface area contributed by atoms with Crippen LogP contribution in [-0.4, -0.2) is 16.1 Å². The summed E-state index contributed by atoms with van der Waals surface area (Å²) in [5.41, 5.74) is 2.66. The lowest BCUT2D eigenvalue weighted by atomic mass is 10.0. The molecule has 0 bridgehead atoms. The van der Waals surface area contributed by atoms with E-state index in [1.807, 2.05) is 12.4 Å². The molecule has 0 saturated carbocycles. The second kappa shape index (κ2) is 6.53. The molecule has 0 saturated heterocycles. The third kappa shape index (κ3) is 3.44. The van der Waals surface area contributed by atoms with Gasteiger partial charge in [-0.2, -0.15) is 0 Å². The molecule has 102 valence electrons. The molecule has 19 heavy (non-hydrogen) atoms. The van der Waals surface area contributed by atoms with Crippen molar-refractivity contribution in [2.75, 3.05) is 6.54 Å². The third-order valence-corrected chi connectivity index (χ3v) is 3.47. The van der Waals surface area contributed by atoms with E-state index in [4.69, 9.17) is 0 Å². The van der Waals surface area contributed by atoms with Gasteiger partial charge in [-0.1, -0.05) is 31.2 Å². The molecule has 1 aromatic carbocycles. The van der Waals surface area contributed by atoms with Crippen LogP contribution in [0, 0.1) is 0 Å². The van der Waals surface area contributed by atoms with Crippen LogP contribution >= 0.6 is 0 Å². The van der Waals surface area contributed by atoms with Crippen LogP contribution < -0.4 is 5.32 Å². The van der Waals surface area contributed by atoms with E-state index in [-0.39, 0.29) is 0 Å². The van der Waals surface area contributed by atoms with Crippen molar-refractivity contribution in [2.24, 2.45) is 0 Å². The zero-order valence-electron chi connectivity index (χ0n) is 12.1. The van der Waals surface area contributed by atoms with Gasteiger partial charge in [0.05, 0.1) is 0 Å². The fourth-order valence-electron chi connectivity index (χ4n) is 2.37. The van der Waals surface area contributed by atoms with E-state index in [0.717, 1.165) is 25.3 Å². The summed E-state index contributed by atoms with van der Waals surface area (Å²) >= 11 is 0. The molecule has 1 aromatic heterocycles. The van der Waals surface area contributed by atoms with E-state index >= 15 is 0 Å². The van der Waals surface area contributed by atoms with Gasteiger partial charge in [0.2, 0.25) is 0 Å². The highest BCUT2D eigenvalue weighted by molar-refractivity contribution is 5.28. The maximum absolute atomic E-state index is 4.44. The molecule has 0 aliphatic carbocycles. The summed E-state index contributed by atoms with van der Waals surface area (Å²) in [6.07, 6.45) is 4.82. The van der Waals surface area contributed by atoms with Crippen LogP contribution in [0.4, 0.5) is 0 Å². The first-order valence-electron chi connectivity index (χ1n) is 7.06. The number of aryl methyl sites for hydroxylation is 1. The minimum Gasteiger partial charge on any atom is -0.335 e. The number of imidazole rings is 1. The van der Waals surface area contributed by atoms with Gasteiger partial charge >= 0.3 is 0 Å². The van der Waals surface area contributed by atoms with Crippen molar-refractivity contribution < 1.29 is 0 Å². The van der Waals surface area contributed by atoms with E-state index < -0.39 is 0 Å². The van der Waals surface area contributed by atoms with E-state index in [9.17, 15) is 0 Å². The SMILES string of the molecule is CCNC(C)c1cccc(Cc2nccn2CC)c1. The quantitative estimate of drug-likeness (QED) is 0.861. The van der Waals surface area contributed by atoms with E-state index in [2.05, 4.69) is 59.9 Å². The molecule has 3 heteroatoms. The van der Waals surface area contributed by atoms with Gasteiger partial charge in [-0.15, -0.1) is 0 Å². The average Bonchev–Trinajstić information content (AvgIpc) is 2.86. The summed E-state index contributed by atoms with van der Waals surface area (Å²) in [7, 11) is 0. The van der Waals surface area contributed by atoms with Gasteiger partial charge in [0, 0.05) is 31.4 Å². The Morgan fingerprint density at radius 1 is 1.32 bits per heavy atom. The zero-order chi connectivity index (χ0) is 13.7. The summed E-state index contributed by atoms with van der Waals surface area (Å²) in [5.74, 6) is 1.13. The molecule has 1 atom stereocenters. The second-order valence-corrected chi connectivity index (χ2v) is 4.83. The number of hydrogen-bond donors (Lipinski definition) is 1. The Balaban J connectivity index is 2.15. The molecular weight excluding hydrogens is 234 g/mol. The number of benzene rings is 1. The predicted molar refractivity (Wildman–Crippen MR) is 79.2 cm³/mol. The predicted octanol–water partition coefficient (Wildman–Crippen LogP) is 3.16. The Kier molecular flexibility index (Phi) is 4.74. The zero-order valence-corrected chi connectivity index (χ0v) is 12.1. The van der Waals surface area contributed by atoms with Crippen molar-refractivity contribution in [3.63, 3.8) is 0 Å². The van der Waals surface area contributed by atoms with Crippen molar-refractivity contribution in [2.45, 2.75) is 39.8 Å². The normalized spacial score (nSPS) is 12.6. The molecule has 2 aromatic rings. The molecule has 0 aliphatic heterocycles. The molecule has 1 N–H and O–H groups in total. The number of hydrogen-bond acceptors (Lipinski definition) is 2. The summed E-state index contributed by atoms with van der Waals surface area (Å²) < 4.78 is 2.19. The standard InChI is InChI=1S/C16H23N3/c1-4-17-13(3)15-8-6-7-14(11-15)12-16-18-9-10-19(16)5-2/h6-11,13,17H,4-5,12H2,1-3H3. The topological polar surface area (TPSA) is 29.9 Å². The molecule has 0 aliphatic rings. The monoisotopic (exact) mass is 257 g/mol. The lowest BCUT2D eigenvalue weighted by molar-refractivity contribution is 0.597. The molecular formula is C16H23N3. The molecule has 0 amide bonds. The van der Waals surface area contributed by atoms with Crippen LogP contribution in [0.3, 0.4) is 0 Å². The highest BCUT2D eigenvalue weighted by Crippen LogP contribution is 2.16. The first-order chi connectivity index (χ1) is 9.24. The number of nitrogens with one attached hydrogen (secondary N) is 1. The van der Waals surface area contributed by atoms with E-state index in [1.165, 1.54) is 11.1 Å². The smallest absolute Gasteiger partial charge is 0.113 e. The fourth-order valence-corrected chi connectivity index (χ4v) is 2.37. The Hall–Kier alpha value is -1.61. The highest BCUT2D eigenvalue weighted by atomic mass is 15.0. The minimum atomic E-state index is 0.399. The lowest BCUT2D eigenvalue weighted by Crippen LogP contribution is -2.17. The lowest BCUT2D eigenvalue weighted by Gasteiger charge is -2.14. The van der Waals surface area contributed by atoms with Gasteiger partial charge in [0.1, 0.15) is 5.82 Å². The Bertz CT molecular complexity index is 516. The molecule has 3 nitrogen and oxygen atoms in total. The maximum atomic E-state index is 4.44. The van der Waals surface area contributed by atoms with Crippen molar-refractivity contribution in [1.29, 1.82) is 0 Å². The molecule has 0 spiro atoms. The summed E-state index contributed by atoms with van der Waals surface area (Å²) in [6, 6.07) is 9.18. The third-order valence-electron chi connectivity index (χ3n) is 3.47. The van der Waals surface area contributed by atoms with Crippen LogP contribution in [-0.2, 0) is 13.0 Å². The van der Waals surface area contributed by atoms with Crippen molar-refractivity contribution in [3.8, 4) is 0 Å².